The third-order valence-electron chi connectivity index (χ3n) is 4.57. The van der Waals surface area contributed by atoms with Crippen LogP contribution in [-0.4, -0.2) is 67.5 Å². The molecule has 3 rings (SSSR count). The number of hydrogen-bond acceptors (Lipinski definition) is 5. The van der Waals surface area contributed by atoms with Crippen LogP contribution >= 0.6 is 0 Å². The second-order valence-electron chi connectivity index (χ2n) is 7.41. The van der Waals surface area contributed by atoms with Gasteiger partial charge in [-0.3, -0.25) is 9.59 Å². The lowest BCUT2D eigenvalue weighted by Crippen LogP contribution is -2.56. The summed E-state index contributed by atoms with van der Waals surface area (Å²) in [5.74, 6) is -2.85. The van der Waals surface area contributed by atoms with E-state index in [-0.39, 0.29) is 17.5 Å². The normalized spacial score (nSPS) is 19.1. The molecule has 1 atom stereocenters. The maximum absolute atomic E-state index is 13.2. The average Bonchev–Trinajstić information content (AvgIpc) is 3.41. The van der Waals surface area contributed by atoms with Crippen molar-refractivity contribution in [1.82, 2.24) is 15.2 Å². The van der Waals surface area contributed by atoms with E-state index >= 15 is 0 Å². The molecule has 2 amide bonds. The molecule has 7 nitrogen and oxygen atoms in total. The Morgan fingerprint density at radius 1 is 1.37 bits per heavy atom. The summed E-state index contributed by atoms with van der Waals surface area (Å²) < 4.78 is 32.2. The Hall–Kier alpha value is -2.45. The lowest BCUT2D eigenvalue weighted by molar-refractivity contribution is -0.130. The second-order valence-corrected chi connectivity index (χ2v) is 7.41. The number of carbonyl (C=O) groups excluding carboxylic acids is 2. The standard InChI is InChI=1S/C18H24F2N4O3/c1-11(17(26)23(2)3)21-15(25)13-6-7-14(24-9-18(19,20)10-24)16(22-13)27-8-12-4-5-12/h6-7,11-12H,4-5,8-10H2,1-3H3,(H,21,25). The smallest absolute Gasteiger partial charge is 0.282 e. The van der Waals surface area contributed by atoms with E-state index in [0.717, 1.165) is 12.8 Å². The molecule has 1 aromatic rings. The molecule has 148 valence electrons. The zero-order valence-corrected chi connectivity index (χ0v) is 15.7. The van der Waals surface area contributed by atoms with Crippen LogP contribution < -0.4 is 15.0 Å². The molecule has 27 heavy (non-hydrogen) atoms. The topological polar surface area (TPSA) is 74.8 Å². The van der Waals surface area contributed by atoms with E-state index in [1.807, 2.05) is 0 Å². The van der Waals surface area contributed by atoms with Crippen molar-refractivity contribution in [3.63, 3.8) is 0 Å². The third kappa shape index (κ3) is 4.64. The van der Waals surface area contributed by atoms with Gasteiger partial charge >= 0.3 is 0 Å². The zero-order chi connectivity index (χ0) is 19.8. The molecule has 1 aliphatic carbocycles. The quantitative estimate of drug-likeness (QED) is 0.774. The Bertz CT molecular complexity index is 729. The van der Waals surface area contributed by atoms with Gasteiger partial charge in [0.15, 0.2) is 0 Å². The van der Waals surface area contributed by atoms with Crippen LogP contribution in [0.4, 0.5) is 14.5 Å². The molecule has 0 radical (unpaired) electrons. The number of nitrogens with zero attached hydrogens (tertiary/aromatic N) is 3. The molecule has 1 N–H and O–H groups in total. The predicted octanol–water partition coefficient (Wildman–Crippen LogP) is 1.53. The average molecular weight is 382 g/mol. The lowest BCUT2D eigenvalue weighted by Gasteiger charge is -2.40. The fraction of sp³-hybridized carbons (Fsp3) is 0.611. The van der Waals surface area contributed by atoms with E-state index in [0.29, 0.717) is 18.2 Å². The van der Waals surface area contributed by atoms with Gasteiger partial charge in [-0.1, -0.05) is 0 Å². The molecule has 1 saturated heterocycles. The summed E-state index contributed by atoms with van der Waals surface area (Å²) >= 11 is 0. The zero-order valence-electron chi connectivity index (χ0n) is 15.7. The van der Waals surface area contributed by atoms with Crippen LogP contribution in [0.2, 0.25) is 0 Å². The summed E-state index contributed by atoms with van der Waals surface area (Å²) in [4.78, 5) is 31.4. The summed E-state index contributed by atoms with van der Waals surface area (Å²) in [6, 6.07) is 2.31. The number of halogens is 2. The SMILES string of the molecule is CC(NC(=O)c1ccc(N2CC(F)(F)C2)c(OCC2CC2)n1)C(=O)N(C)C. The molecule has 0 aromatic carbocycles. The maximum atomic E-state index is 13.2. The van der Waals surface area contributed by atoms with Gasteiger partial charge in [-0.15, -0.1) is 0 Å². The summed E-state index contributed by atoms with van der Waals surface area (Å²) in [5, 5.41) is 2.59. The molecule has 2 aliphatic rings. The van der Waals surface area contributed by atoms with Gasteiger partial charge in [0.25, 0.3) is 11.8 Å². The monoisotopic (exact) mass is 382 g/mol. The van der Waals surface area contributed by atoms with Crippen LogP contribution in [0.5, 0.6) is 5.88 Å². The van der Waals surface area contributed by atoms with Crippen molar-refractivity contribution in [2.24, 2.45) is 5.92 Å². The Kier molecular flexibility index (Phi) is 5.21. The number of carbonyl (C=O) groups is 2. The van der Waals surface area contributed by atoms with Crippen molar-refractivity contribution < 1.29 is 23.1 Å². The van der Waals surface area contributed by atoms with Gasteiger partial charge in [-0.2, -0.15) is 0 Å². The Morgan fingerprint density at radius 3 is 2.59 bits per heavy atom. The first-order valence-electron chi connectivity index (χ1n) is 8.95. The van der Waals surface area contributed by atoms with Crippen molar-refractivity contribution in [1.29, 1.82) is 0 Å². The van der Waals surface area contributed by atoms with Crippen LogP contribution in [0.25, 0.3) is 0 Å². The maximum Gasteiger partial charge on any atom is 0.282 e. The molecule has 0 spiro atoms. The number of anilines is 1. The number of alkyl halides is 2. The highest BCUT2D eigenvalue weighted by Crippen LogP contribution is 2.37. The number of pyridine rings is 1. The number of rotatable bonds is 7. The molecule has 1 unspecified atom stereocenters. The van der Waals surface area contributed by atoms with Gasteiger partial charge in [0.2, 0.25) is 11.8 Å². The van der Waals surface area contributed by atoms with Gasteiger partial charge in [-0.05, 0) is 37.8 Å². The highest BCUT2D eigenvalue weighted by Gasteiger charge is 2.45. The van der Waals surface area contributed by atoms with Crippen molar-refractivity contribution in [2.75, 3.05) is 38.7 Å². The fourth-order valence-electron chi connectivity index (χ4n) is 2.79. The summed E-state index contributed by atoms with van der Waals surface area (Å²) in [5.41, 5.74) is 0.533. The van der Waals surface area contributed by atoms with Gasteiger partial charge in [-0.25, -0.2) is 13.8 Å². The summed E-state index contributed by atoms with van der Waals surface area (Å²) in [6.07, 6.45) is 2.14. The minimum Gasteiger partial charge on any atom is -0.476 e. The first-order valence-corrected chi connectivity index (χ1v) is 8.95. The van der Waals surface area contributed by atoms with Crippen molar-refractivity contribution in [3.05, 3.63) is 17.8 Å². The number of hydrogen-bond donors (Lipinski definition) is 1. The summed E-state index contributed by atoms with van der Waals surface area (Å²) in [6.45, 7) is 1.24. The minimum atomic E-state index is -2.72. The lowest BCUT2D eigenvalue weighted by atomic mass is 10.1. The molecule has 1 aliphatic heterocycles. The largest absolute Gasteiger partial charge is 0.476 e. The number of ether oxygens (including phenoxy) is 1. The molecule has 0 bridgehead atoms. The van der Waals surface area contributed by atoms with E-state index in [1.165, 1.54) is 15.9 Å². The molecular weight excluding hydrogens is 358 g/mol. The predicted molar refractivity (Wildman–Crippen MR) is 95.2 cm³/mol. The first kappa shape index (κ1) is 19.3. The van der Waals surface area contributed by atoms with Gasteiger partial charge in [0, 0.05) is 14.1 Å². The molecule has 9 heteroatoms. The van der Waals surface area contributed by atoms with Crippen LogP contribution in [0.1, 0.15) is 30.3 Å². The number of aromatic nitrogens is 1. The third-order valence-corrected chi connectivity index (χ3v) is 4.57. The molecule has 1 aromatic heterocycles. The highest BCUT2D eigenvalue weighted by atomic mass is 19.3. The van der Waals surface area contributed by atoms with E-state index < -0.39 is 31.0 Å². The number of likely N-dealkylation sites (N-methyl/N-ethyl adjacent to an activating group) is 1. The van der Waals surface area contributed by atoms with E-state index in [1.54, 1.807) is 27.1 Å². The van der Waals surface area contributed by atoms with Crippen molar-refractivity contribution >= 4 is 17.5 Å². The first-order chi connectivity index (χ1) is 12.7. The number of amides is 2. The highest BCUT2D eigenvalue weighted by molar-refractivity contribution is 5.96. The van der Waals surface area contributed by atoms with E-state index in [4.69, 9.17) is 4.74 Å². The molecule has 1 saturated carbocycles. The molecular formula is C18H24F2N4O3. The van der Waals surface area contributed by atoms with Crippen LogP contribution in [0.15, 0.2) is 12.1 Å². The van der Waals surface area contributed by atoms with Crippen molar-refractivity contribution in [2.45, 2.75) is 31.7 Å². The van der Waals surface area contributed by atoms with Gasteiger partial charge in [0.1, 0.15) is 17.4 Å². The minimum absolute atomic E-state index is 0.0789. The summed E-state index contributed by atoms with van der Waals surface area (Å²) in [7, 11) is 3.20. The van der Waals surface area contributed by atoms with Crippen LogP contribution in [-0.2, 0) is 4.79 Å². The van der Waals surface area contributed by atoms with E-state index in [9.17, 15) is 18.4 Å². The van der Waals surface area contributed by atoms with Crippen LogP contribution in [0, 0.1) is 5.92 Å². The van der Waals surface area contributed by atoms with E-state index in [2.05, 4.69) is 10.3 Å². The van der Waals surface area contributed by atoms with Crippen LogP contribution in [0.3, 0.4) is 0 Å². The Balaban J connectivity index is 1.74. The molecule has 2 fully saturated rings. The second kappa shape index (κ2) is 7.28. The Labute approximate surface area is 156 Å². The Morgan fingerprint density at radius 2 is 2.04 bits per heavy atom. The fourth-order valence-corrected chi connectivity index (χ4v) is 2.79. The van der Waals surface area contributed by atoms with Crippen molar-refractivity contribution in [3.8, 4) is 5.88 Å². The van der Waals surface area contributed by atoms with Gasteiger partial charge in [0.05, 0.1) is 19.7 Å². The molecule has 2 heterocycles. The number of nitrogens with one attached hydrogen (secondary N) is 1. The van der Waals surface area contributed by atoms with Gasteiger partial charge < -0.3 is 19.9 Å².